The van der Waals surface area contributed by atoms with Crippen molar-refractivity contribution in [3.05, 3.63) is 12.7 Å². The van der Waals surface area contributed by atoms with E-state index in [1.807, 2.05) is 0 Å². The minimum Gasteiger partial charge on any atom is -0.394 e. The minimum atomic E-state index is -3.46. The predicted octanol–water partition coefficient (Wildman–Crippen LogP) is -1.34. The Labute approximate surface area is 656 Å². The van der Waals surface area contributed by atoms with Crippen LogP contribution in [0.15, 0.2) is 12.7 Å². The number of nitrogens with one attached hydrogen (secondary N) is 7. The van der Waals surface area contributed by atoms with Crippen molar-refractivity contribution in [2.45, 2.75) is 260 Å². The number of aliphatic hydroxyl groups is 9. The van der Waals surface area contributed by atoms with E-state index in [2.05, 4.69) is 56.0 Å². The maximum atomic E-state index is 14.2. The first-order valence-corrected chi connectivity index (χ1v) is 41.8. The van der Waals surface area contributed by atoms with Crippen LogP contribution in [-0.4, -0.2) is 321 Å². The predicted molar refractivity (Wildman–Crippen MR) is 401 cm³/mol. The molecule has 16 N–H and O–H groups in total. The van der Waals surface area contributed by atoms with Gasteiger partial charge >= 0.3 is 6.80 Å². The van der Waals surface area contributed by atoms with Crippen molar-refractivity contribution in [1.29, 1.82) is 0 Å². The van der Waals surface area contributed by atoms with Crippen LogP contribution in [0.4, 0.5) is 0 Å². The van der Waals surface area contributed by atoms with E-state index in [0.29, 0.717) is 103 Å². The van der Waals surface area contributed by atoms with Crippen molar-refractivity contribution in [3.63, 3.8) is 0 Å². The lowest BCUT2D eigenvalue weighted by molar-refractivity contribution is -0.270. The van der Waals surface area contributed by atoms with Crippen LogP contribution in [0.25, 0.3) is 0 Å². The molecule has 37 nitrogen and oxygen atoms in total. The molecule has 4 heterocycles. The van der Waals surface area contributed by atoms with Gasteiger partial charge < -0.3 is 135 Å². The van der Waals surface area contributed by atoms with E-state index in [0.717, 1.165) is 25.7 Å². The smallest absolute Gasteiger partial charge is 0.386 e. The van der Waals surface area contributed by atoms with E-state index >= 15 is 0 Å². The normalized spacial score (nSPS) is 27.3. The molecule has 4 aliphatic heterocycles. The fourth-order valence-electron chi connectivity index (χ4n) is 13.0. The first-order valence-electron chi connectivity index (χ1n) is 39.1. The molecule has 4 aliphatic rings. The highest BCUT2D eigenvalue weighted by molar-refractivity contribution is 8.44. The maximum Gasteiger partial charge on any atom is 0.386 e. The number of hydrogen-bond donors (Lipinski definition) is 17. The van der Waals surface area contributed by atoms with Gasteiger partial charge in [0.05, 0.1) is 72.2 Å². The molecule has 0 aliphatic carbocycles. The molecule has 0 spiro atoms. The number of hydrogen-bond acceptors (Lipinski definition) is 29. The van der Waals surface area contributed by atoms with Crippen molar-refractivity contribution in [1.82, 2.24) is 42.1 Å². The Balaban J connectivity index is 1.34. The zero-order chi connectivity index (χ0) is 81.5. The van der Waals surface area contributed by atoms with Gasteiger partial charge in [-0.05, 0) is 57.8 Å². The molecule has 8 amide bonds. The molecule has 0 aromatic heterocycles. The average molecular weight is 1630 g/mol. The van der Waals surface area contributed by atoms with Gasteiger partial charge in [0.1, 0.15) is 73.1 Å². The lowest BCUT2D eigenvalue weighted by Crippen LogP contribution is -2.64. The van der Waals surface area contributed by atoms with E-state index in [1.54, 1.807) is 4.90 Å². The summed E-state index contributed by atoms with van der Waals surface area (Å²) in [6.07, 6.45) is -3.39. The fourth-order valence-corrected chi connectivity index (χ4v) is 14.2. The number of thiol groups is 1. The molecule has 0 radical (unpaired) electrons. The highest BCUT2D eigenvalue weighted by atomic mass is 32.7. The van der Waals surface area contributed by atoms with Gasteiger partial charge in [0.15, 0.2) is 18.9 Å². The molecule has 39 heteroatoms. The molecular weight excluding hydrogens is 1500 g/mol. The molecule has 4 fully saturated rings. The summed E-state index contributed by atoms with van der Waals surface area (Å²) < 4.78 is 75.7. The molecule has 111 heavy (non-hydrogen) atoms. The Kier molecular flexibility index (Phi) is 50.3. The number of amides is 8. The summed E-state index contributed by atoms with van der Waals surface area (Å²) in [4.78, 5) is 104. The quantitative estimate of drug-likeness (QED) is 0.0145. The molecular formula is C72H129N8O29PS. The van der Waals surface area contributed by atoms with Crippen molar-refractivity contribution in [3.8, 4) is 0 Å². The fraction of sp³-hybridized carbons (Fsp3) is 0.861. The van der Waals surface area contributed by atoms with Gasteiger partial charge in [0.2, 0.25) is 47.3 Å². The zero-order valence-corrected chi connectivity index (χ0v) is 66.5. The van der Waals surface area contributed by atoms with Crippen LogP contribution in [0.1, 0.15) is 162 Å². The van der Waals surface area contributed by atoms with Crippen molar-refractivity contribution < 1.29 is 141 Å². The zero-order valence-electron chi connectivity index (χ0n) is 64.7. The molecule has 0 bridgehead atoms. The highest BCUT2D eigenvalue weighted by Gasteiger charge is 2.48. The second kappa shape index (κ2) is 56.6. The number of piperidine rings is 1. The van der Waals surface area contributed by atoms with E-state index in [-0.39, 0.29) is 147 Å². The van der Waals surface area contributed by atoms with Gasteiger partial charge in [0.25, 0.3) is 0 Å². The van der Waals surface area contributed by atoms with Crippen molar-refractivity contribution in [2.24, 2.45) is 11.8 Å². The van der Waals surface area contributed by atoms with E-state index < -0.39 is 154 Å². The summed E-state index contributed by atoms with van der Waals surface area (Å²) >= 11 is 3.94. The number of aliphatic hydroxyl groups excluding tert-OH is 9. The molecule has 18 atom stereocenters. The third kappa shape index (κ3) is 39.2. The van der Waals surface area contributed by atoms with Gasteiger partial charge in [0, 0.05) is 124 Å². The van der Waals surface area contributed by atoms with Crippen molar-refractivity contribution in [2.75, 3.05) is 125 Å². The van der Waals surface area contributed by atoms with E-state index in [4.69, 9.17) is 51.7 Å². The number of ether oxygens (including phenoxy) is 9. The highest BCUT2D eigenvalue weighted by Crippen LogP contribution is 2.53. The molecule has 0 aromatic carbocycles. The van der Waals surface area contributed by atoms with Gasteiger partial charge in [-0.3, -0.25) is 42.9 Å². The Bertz CT molecular complexity index is 2650. The first kappa shape index (κ1) is 98.6. The minimum absolute atomic E-state index is 0.00613. The second-order valence-electron chi connectivity index (χ2n) is 28.3. The summed E-state index contributed by atoms with van der Waals surface area (Å²) in [7, 11) is 0. The third-order valence-corrected chi connectivity index (χ3v) is 20.7. The van der Waals surface area contributed by atoms with Crippen LogP contribution in [0.2, 0.25) is 0 Å². The number of carbonyl (C=O) groups is 8. The second-order valence-corrected chi connectivity index (χ2v) is 31.2. The summed E-state index contributed by atoms with van der Waals surface area (Å²) in [5, 5.41) is 111. The lowest BCUT2D eigenvalue weighted by atomic mass is 9.86. The SMILES string of the molecule is C=CCOP(=O)(S)OCCCCCCNC(=O)CCCC(=O)N1C[C@H](COCCC(=O)NCCCCCCOC2OC(CO)C(O)C(O)C2NC(C)=O)C(OCCC(=O)NCCCCCCOC2OC(CO)C(O)C(O)C2NC(C)=O)[C@@H](COCCC(=O)NCCCCCCOC2OC(CO)C(O)C(O)C2NC(C)=O)C1. The average Bonchev–Trinajstić information content (AvgIpc) is 0.828. The van der Waals surface area contributed by atoms with Crippen LogP contribution in [0, 0.1) is 11.8 Å². The Hall–Kier alpha value is -4.72. The maximum absolute atomic E-state index is 14.2. The van der Waals surface area contributed by atoms with Crippen LogP contribution in [0.5, 0.6) is 0 Å². The Morgan fingerprint density at radius 3 is 1.11 bits per heavy atom. The van der Waals surface area contributed by atoms with Crippen LogP contribution >= 0.6 is 19.0 Å². The summed E-state index contributed by atoms with van der Waals surface area (Å²) in [6.45, 7) is 4.82. The molecule has 16 unspecified atom stereocenters. The van der Waals surface area contributed by atoms with E-state index in [9.17, 15) is 88.9 Å². The van der Waals surface area contributed by atoms with Crippen molar-refractivity contribution >= 4 is 66.3 Å². The molecule has 4 saturated heterocycles. The Morgan fingerprint density at radius 1 is 0.432 bits per heavy atom. The monoisotopic (exact) mass is 1630 g/mol. The summed E-state index contributed by atoms with van der Waals surface area (Å²) in [6, 6.07) is -3.16. The van der Waals surface area contributed by atoms with Gasteiger partial charge in [-0.1, -0.05) is 69.7 Å². The van der Waals surface area contributed by atoms with Gasteiger partial charge in [-0.15, -0.1) is 6.58 Å². The molecule has 642 valence electrons. The lowest BCUT2D eigenvalue weighted by Gasteiger charge is -2.43. The summed E-state index contributed by atoms with van der Waals surface area (Å²) in [5.74, 6) is -3.65. The number of rotatable bonds is 59. The van der Waals surface area contributed by atoms with Crippen LogP contribution in [0.3, 0.4) is 0 Å². The Morgan fingerprint density at radius 2 is 0.766 bits per heavy atom. The first-order chi connectivity index (χ1) is 53.2. The largest absolute Gasteiger partial charge is 0.394 e. The molecule has 4 rings (SSSR count). The number of carbonyl (C=O) groups excluding carboxylic acids is 8. The number of nitrogens with zero attached hydrogens (tertiary/aromatic N) is 1. The topological polar surface area (TPSA) is 525 Å². The van der Waals surface area contributed by atoms with Crippen LogP contribution < -0.4 is 37.2 Å². The van der Waals surface area contributed by atoms with Crippen LogP contribution in [-0.2, 0) is 94.6 Å². The third-order valence-electron chi connectivity index (χ3n) is 19.0. The standard InChI is InChI=1S/C72H129N8O29PS/c1-5-32-105-110(98,111)106-36-21-13-9-17-28-73-55(87)23-22-24-59(91)80-40-50(45-99-37-25-56(88)74-29-14-6-10-18-33-102-70-60(77-47(2)84)66(95)63(92)52(42-81)107-70)69(101-39-27-58(90)76-31-16-8-12-20-35-104-72-62(79-49(4)86)68(97)65(94)54(44-83)109-72)51(41-80)46-100-38-26-57(89)75-30-15-7-11-19-34-103-71-61(78-48(3)85)67(96)64(93)53(43-82)108-71/h5,50-54,60-72,81-83,92-97H,1,6-46H2,2-4H3,(H,73,87)(H,74,88)(H,75,89)(H,76,90)(H,77,84)(H,78,85)(H,79,86)(H,98,111)/t50-,51-,52?,53?,54?,60?,61?,62?,63?,64?,65?,66?,67?,68?,69?,70?,71?,72?,110?/m1/s1. The summed E-state index contributed by atoms with van der Waals surface area (Å²) in [5.41, 5.74) is 0. The number of unbranched alkanes of at least 4 members (excludes halogenated alkanes) is 12. The number of likely N-dealkylation sites (tertiary alicyclic amines) is 1. The van der Waals surface area contributed by atoms with Gasteiger partial charge in [-0.2, -0.15) is 0 Å². The molecule has 0 saturated carbocycles. The molecule has 0 aromatic rings. The van der Waals surface area contributed by atoms with E-state index in [1.165, 1.54) is 26.8 Å². The van der Waals surface area contributed by atoms with Gasteiger partial charge in [-0.25, -0.2) is 4.57 Å².